The van der Waals surface area contributed by atoms with Gasteiger partial charge < -0.3 is 0 Å². The number of nitrogens with zero attached hydrogens (tertiary/aromatic N) is 2. The van der Waals surface area contributed by atoms with Crippen LogP contribution in [-0.2, 0) is 0 Å². The number of aromatic nitrogens is 2. The van der Waals surface area contributed by atoms with Gasteiger partial charge in [0.15, 0.2) is 5.82 Å². The van der Waals surface area contributed by atoms with Gasteiger partial charge in [-0.3, -0.25) is 0 Å². The van der Waals surface area contributed by atoms with Gasteiger partial charge >= 0.3 is 0 Å². The summed E-state index contributed by atoms with van der Waals surface area (Å²) in [6.45, 7) is 2.40. The predicted molar refractivity (Wildman–Crippen MR) is 163 cm³/mol. The summed E-state index contributed by atoms with van der Waals surface area (Å²) >= 11 is 0. The Bertz CT molecular complexity index is 2010. The van der Waals surface area contributed by atoms with Crippen LogP contribution in [-0.4, -0.2) is 18.8 Å². The van der Waals surface area contributed by atoms with Crippen molar-refractivity contribution in [1.82, 2.24) is 9.97 Å². The van der Waals surface area contributed by atoms with Crippen LogP contribution in [0.4, 0.5) is 0 Å². The molecule has 0 fully saturated rings. The summed E-state index contributed by atoms with van der Waals surface area (Å²) in [5.41, 5.74) is 5.78. The Morgan fingerprint density at radius 2 is 1.08 bits per heavy atom. The molecule has 1 atom stereocenters. The topological polar surface area (TPSA) is 25.8 Å². The van der Waals surface area contributed by atoms with Crippen molar-refractivity contribution >= 4 is 51.6 Å². The van der Waals surface area contributed by atoms with Crippen molar-refractivity contribution in [2.75, 3.05) is 0 Å². The third kappa shape index (κ3) is 3.06. The van der Waals surface area contributed by atoms with Crippen molar-refractivity contribution in [3.8, 4) is 33.8 Å². The van der Waals surface area contributed by atoms with E-state index in [0.29, 0.717) is 0 Å². The summed E-state index contributed by atoms with van der Waals surface area (Å²) in [6.07, 6.45) is 0. The highest BCUT2D eigenvalue weighted by Gasteiger charge is 2.32. The van der Waals surface area contributed by atoms with Crippen LogP contribution in [0.3, 0.4) is 0 Å². The molecule has 1 aliphatic rings. The lowest BCUT2D eigenvalue weighted by molar-refractivity contribution is 1.21. The lowest BCUT2D eigenvalue weighted by Crippen LogP contribution is -2.36. The molecule has 0 radical (unpaired) electrons. The Kier molecular flexibility index (Phi) is 4.64. The van der Waals surface area contributed by atoms with Crippen molar-refractivity contribution in [3.05, 3.63) is 121 Å². The smallest absolute Gasteiger partial charge is 0.159 e. The van der Waals surface area contributed by atoms with Gasteiger partial charge in [-0.1, -0.05) is 122 Å². The fraction of sp³-hybridized carbons (Fsp3) is 0.0286. The lowest BCUT2D eigenvalue weighted by atomic mass is 9.92. The molecule has 38 heavy (non-hydrogen) atoms. The van der Waals surface area contributed by atoms with Crippen LogP contribution in [0.1, 0.15) is 0 Å². The maximum Gasteiger partial charge on any atom is 0.159 e. The Hall–Kier alpha value is -4.60. The van der Waals surface area contributed by atoms with Crippen LogP contribution in [0.2, 0.25) is 6.55 Å². The van der Waals surface area contributed by atoms with E-state index in [-0.39, 0.29) is 0 Å². The molecule has 0 saturated carbocycles. The quantitative estimate of drug-likeness (QED) is 0.185. The number of benzene rings is 6. The van der Waals surface area contributed by atoms with Crippen molar-refractivity contribution < 1.29 is 0 Å². The average Bonchev–Trinajstić information content (AvgIpc) is 3.29. The molecule has 1 unspecified atom stereocenters. The zero-order chi connectivity index (χ0) is 25.2. The lowest BCUT2D eigenvalue weighted by Gasteiger charge is -2.15. The first-order chi connectivity index (χ1) is 18.8. The summed E-state index contributed by atoms with van der Waals surface area (Å²) in [7, 11) is -1.42. The summed E-state index contributed by atoms with van der Waals surface area (Å²) in [5.74, 6) is 0.815. The van der Waals surface area contributed by atoms with E-state index in [1.807, 2.05) is 6.07 Å². The molecular formula is C35H24N2Si. The van der Waals surface area contributed by atoms with E-state index in [0.717, 1.165) is 22.6 Å². The van der Waals surface area contributed by atoms with Gasteiger partial charge in [-0.25, -0.2) is 9.97 Å². The van der Waals surface area contributed by atoms with E-state index in [4.69, 9.17) is 9.97 Å². The highest BCUT2D eigenvalue weighted by Crippen LogP contribution is 2.39. The predicted octanol–water partition coefficient (Wildman–Crippen LogP) is 7.22. The van der Waals surface area contributed by atoms with Gasteiger partial charge in [0, 0.05) is 22.0 Å². The number of fused-ring (bicyclic) bond motifs is 9. The minimum absolute atomic E-state index is 0.815. The molecule has 0 amide bonds. The van der Waals surface area contributed by atoms with E-state index in [2.05, 4.69) is 122 Å². The van der Waals surface area contributed by atoms with E-state index in [9.17, 15) is 0 Å². The summed E-state index contributed by atoms with van der Waals surface area (Å²) in [4.78, 5) is 10.5. The van der Waals surface area contributed by atoms with Crippen LogP contribution < -0.4 is 10.5 Å². The van der Waals surface area contributed by atoms with Gasteiger partial charge in [0.25, 0.3) is 0 Å². The third-order valence-corrected chi connectivity index (χ3v) is 10.8. The molecule has 6 aromatic carbocycles. The molecule has 7 aromatic rings. The summed E-state index contributed by atoms with van der Waals surface area (Å²) in [6, 6.07) is 43.7. The van der Waals surface area contributed by atoms with Crippen molar-refractivity contribution in [3.63, 3.8) is 0 Å². The molecule has 1 aromatic heterocycles. The van der Waals surface area contributed by atoms with Crippen LogP contribution in [0.5, 0.6) is 0 Å². The molecule has 178 valence electrons. The first kappa shape index (κ1) is 21.5. The molecule has 2 heterocycles. The second-order valence-electron chi connectivity index (χ2n) is 10.2. The SMILES string of the molecule is C[SiH]1c2ccccc2-c2c(-c3ccc4c5ccccc5c5ccccc5c4c3)nc(-c3ccccc3)nc21. The van der Waals surface area contributed by atoms with E-state index < -0.39 is 8.80 Å². The molecule has 2 nitrogen and oxygen atoms in total. The van der Waals surface area contributed by atoms with E-state index in [1.54, 1.807) is 0 Å². The zero-order valence-corrected chi connectivity index (χ0v) is 22.2. The van der Waals surface area contributed by atoms with Gasteiger partial charge in [0.05, 0.1) is 5.69 Å². The highest BCUT2D eigenvalue weighted by atomic mass is 28.3. The summed E-state index contributed by atoms with van der Waals surface area (Å²) < 4.78 is 0. The fourth-order valence-electron chi connectivity index (χ4n) is 6.29. The van der Waals surface area contributed by atoms with Crippen LogP contribution in [0.25, 0.3) is 66.1 Å². The first-order valence-electron chi connectivity index (χ1n) is 13.2. The van der Waals surface area contributed by atoms with Crippen LogP contribution in [0.15, 0.2) is 121 Å². The maximum absolute atomic E-state index is 5.28. The Balaban J connectivity index is 1.47. The maximum atomic E-state index is 5.28. The van der Waals surface area contributed by atoms with Gasteiger partial charge in [-0.15, -0.1) is 0 Å². The molecular weight excluding hydrogens is 476 g/mol. The molecule has 8 rings (SSSR count). The minimum atomic E-state index is -1.42. The van der Waals surface area contributed by atoms with Crippen molar-refractivity contribution in [2.24, 2.45) is 0 Å². The Labute approximate surface area is 222 Å². The van der Waals surface area contributed by atoms with Gasteiger partial charge in [-0.05, 0) is 49.1 Å². The molecule has 3 heteroatoms. The third-order valence-electron chi connectivity index (χ3n) is 8.09. The standard InChI is InChI=1S/C35H24N2Si/c1-38-31-18-10-9-17-29(31)32-33(36-34(37-35(32)38)22-11-3-2-4-12-22)23-19-20-28-26-15-6-5-13-24(26)25-14-7-8-16-27(25)30(28)21-23/h2-21,38H,1H3. The fourth-order valence-corrected chi connectivity index (χ4v) is 8.73. The van der Waals surface area contributed by atoms with Gasteiger partial charge in [-0.2, -0.15) is 0 Å². The minimum Gasteiger partial charge on any atom is -0.237 e. The van der Waals surface area contributed by atoms with E-state index >= 15 is 0 Å². The van der Waals surface area contributed by atoms with E-state index in [1.165, 1.54) is 53.9 Å². The molecule has 0 spiro atoms. The second-order valence-corrected chi connectivity index (χ2v) is 12.8. The number of rotatable bonds is 2. The average molecular weight is 501 g/mol. The zero-order valence-electron chi connectivity index (χ0n) is 21.0. The molecule has 0 aliphatic carbocycles. The van der Waals surface area contributed by atoms with Crippen molar-refractivity contribution in [2.45, 2.75) is 6.55 Å². The van der Waals surface area contributed by atoms with Gasteiger partial charge in [0.1, 0.15) is 8.80 Å². The highest BCUT2D eigenvalue weighted by molar-refractivity contribution is 6.88. The number of hydrogen-bond acceptors (Lipinski definition) is 2. The van der Waals surface area contributed by atoms with Crippen LogP contribution >= 0.6 is 0 Å². The molecule has 0 bridgehead atoms. The van der Waals surface area contributed by atoms with Crippen molar-refractivity contribution in [1.29, 1.82) is 0 Å². The normalized spacial score (nSPS) is 14.2. The Morgan fingerprint density at radius 3 is 1.79 bits per heavy atom. The largest absolute Gasteiger partial charge is 0.237 e. The summed E-state index contributed by atoms with van der Waals surface area (Å²) in [5, 5.41) is 10.4. The van der Waals surface area contributed by atoms with Gasteiger partial charge in [0.2, 0.25) is 0 Å². The molecule has 0 N–H and O–H groups in total. The first-order valence-corrected chi connectivity index (χ1v) is 15.5. The second kappa shape index (κ2) is 8.20. The number of hydrogen-bond donors (Lipinski definition) is 0. The monoisotopic (exact) mass is 500 g/mol. The molecule has 1 aliphatic heterocycles. The molecule has 0 saturated heterocycles. The van der Waals surface area contributed by atoms with Crippen LogP contribution in [0, 0.1) is 0 Å². The Morgan fingerprint density at radius 1 is 0.500 bits per heavy atom.